The molecule has 1 aromatic rings. The third-order valence-corrected chi connectivity index (χ3v) is 2.38. The summed E-state index contributed by atoms with van der Waals surface area (Å²) in [5.41, 5.74) is 0.850. The van der Waals surface area contributed by atoms with Gasteiger partial charge in [-0.05, 0) is 18.1 Å². The molecule has 1 atom stereocenters. The van der Waals surface area contributed by atoms with Crippen LogP contribution >= 0.6 is 0 Å². The third-order valence-electron chi connectivity index (χ3n) is 2.38. The molecule has 1 rings (SSSR count). The maximum Gasteiger partial charge on any atom is 0.326 e. The summed E-state index contributed by atoms with van der Waals surface area (Å²) in [5, 5.41) is 19.5. The number of hydrogen-bond donors (Lipinski definition) is 3. The van der Waals surface area contributed by atoms with Crippen LogP contribution in [0.5, 0.6) is 0 Å². The summed E-state index contributed by atoms with van der Waals surface area (Å²) in [7, 11) is 0. The van der Waals surface area contributed by atoms with Crippen LogP contribution in [-0.4, -0.2) is 39.1 Å². The van der Waals surface area contributed by atoms with Gasteiger partial charge in [-0.2, -0.15) is 0 Å². The lowest BCUT2D eigenvalue weighted by molar-refractivity contribution is -0.147. The molecule has 0 aliphatic carbocycles. The van der Waals surface area contributed by atoms with Crippen molar-refractivity contribution in [2.75, 3.05) is 0 Å². The lowest BCUT2D eigenvalue weighted by atomic mass is 10.1. The van der Waals surface area contributed by atoms with Gasteiger partial charge in [0.1, 0.15) is 6.04 Å². The van der Waals surface area contributed by atoms with Crippen LogP contribution < -0.4 is 5.32 Å². The minimum absolute atomic E-state index is 0.0785. The van der Waals surface area contributed by atoms with Crippen LogP contribution in [0.15, 0.2) is 24.5 Å². The van der Waals surface area contributed by atoms with Crippen molar-refractivity contribution in [3.8, 4) is 0 Å². The number of aromatic nitrogens is 1. The summed E-state index contributed by atoms with van der Waals surface area (Å²) < 4.78 is 0. The standard InChI is InChI=1S/C12H14N2O5/c15-10(4-3-8-2-1-5-13-7-8)14-9(12(18)19)6-11(16)17/h1-2,5,7,9H,3-4,6H2,(H,14,15)(H,16,17)(H,18,19). The Labute approximate surface area is 109 Å². The number of carboxylic acid groups (broad SMARTS) is 2. The second-order valence-corrected chi connectivity index (χ2v) is 3.92. The summed E-state index contributed by atoms with van der Waals surface area (Å²) in [6, 6.07) is 2.13. The van der Waals surface area contributed by atoms with Crippen molar-refractivity contribution in [1.29, 1.82) is 0 Å². The number of aryl methyl sites for hydroxylation is 1. The SMILES string of the molecule is O=C(O)CC(NC(=O)CCc1cccnc1)C(=O)O. The van der Waals surface area contributed by atoms with Crippen molar-refractivity contribution in [3.05, 3.63) is 30.1 Å². The van der Waals surface area contributed by atoms with Crippen LogP contribution in [0, 0.1) is 0 Å². The Bertz CT molecular complexity index is 460. The number of hydrogen-bond acceptors (Lipinski definition) is 4. The monoisotopic (exact) mass is 266 g/mol. The van der Waals surface area contributed by atoms with E-state index in [0.717, 1.165) is 5.56 Å². The van der Waals surface area contributed by atoms with E-state index in [0.29, 0.717) is 6.42 Å². The Balaban J connectivity index is 2.45. The smallest absolute Gasteiger partial charge is 0.326 e. The molecular formula is C12H14N2O5. The minimum Gasteiger partial charge on any atom is -0.481 e. The fourth-order valence-electron chi connectivity index (χ4n) is 1.45. The number of carbonyl (C=O) groups is 3. The highest BCUT2D eigenvalue weighted by molar-refractivity contribution is 5.86. The average molecular weight is 266 g/mol. The first-order valence-electron chi connectivity index (χ1n) is 5.62. The first kappa shape index (κ1) is 14.6. The van der Waals surface area contributed by atoms with Crippen molar-refractivity contribution < 1.29 is 24.6 Å². The van der Waals surface area contributed by atoms with Gasteiger partial charge < -0.3 is 15.5 Å². The van der Waals surface area contributed by atoms with E-state index < -0.39 is 30.3 Å². The Hall–Kier alpha value is -2.44. The topological polar surface area (TPSA) is 117 Å². The number of amides is 1. The number of carboxylic acids is 2. The van der Waals surface area contributed by atoms with Gasteiger partial charge in [-0.3, -0.25) is 14.6 Å². The van der Waals surface area contributed by atoms with Gasteiger partial charge in [0, 0.05) is 18.8 Å². The molecule has 0 radical (unpaired) electrons. The molecule has 7 heteroatoms. The van der Waals surface area contributed by atoms with Crippen molar-refractivity contribution in [3.63, 3.8) is 0 Å². The summed E-state index contributed by atoms with van der Waals surface area (Å²) in [4.78, 5) is 36.6. The van der Waals surface area contributed by atoms with Gasteiger partial charge in [0.05, 0.1) is 6.42 Å². The molecule has 0 bridgehead atoms. The molecule has 1 aromatic heterocycles. The molecule has 7 nitrogen and oxygen atoms in total. The van der Waals surface area contributed by atoms with E-state index in [9.17, 15) is 14.4 Å². The van der Waals surface area contributed by atoms with Crippen LogP contribution in [-0.2, 0) is 20.8 Å². The van der Waals surface area contributed by atoms with Crippen molar-refractivity contribution in [2.45, 2.75) is 25.3 Å². The number of carbonyl (C=O) groups excluding carboxylic acids is 1. The molecule has 102 valence electrons. The quantitative estimate of drug-likeness (QED) is 0.642. The fraction of sp³-hybridized carbons (Fsp3) is 0.333. The molecule has 0 fully saturated rings. The van der Waals surface area contributed by atoms with E-state index in [4.69, 9.17) is 10.2 Å². The highest BCUT2D eigenvalue weighted by atomic mass is 16.4. The summed E-state index contributed by atoms with van der Waals surface area (Å²) in [5.74, 6) is -3.14. The van der Waals surface area contributed by atoms with Gasteiger partial charge in [0.2, 0.25) is 5.91 Å². The van der Waals surface area contributed by atoms with Gasteiger partial charge in [0.15, 0.2) is 0 Å². The van der Waals surface area contributed by atoms with Crippen molar-refractivity contribution in [2.24, 2.45) is 0 Å². The Morgan fingerprint density at radius 1 is 1.32 bits per heavy atom. The first-order chi connectivity index (χ1) is 8.99. The van der Waals surface area contributed by atoms with Crippen LogP contribution in [0.2, 0.25) is 0 Å². The summed E-state index contributed by atoms with van der Waals surface area (Å²) in [6.45, 7) is 0. The molecule has 0 saturated heterocycles. The number of pyridine rings is 1. The van der Waals surface area contributed by atoms with Crippen LogP contribution in [0.4, 0.5) is 0 Å². The number of nitrogens with one attached hydrogen (secondary N) is 1. The molecule has 0 spiro atoms. The lowest BCUT2D eigenvalue weighted by Crippen LogP contribution is -2.42. The van der Waals surface area contributed by atoms with E-state index in [-0.39, 0.29) is 6.42 Å². The second-order valence-electron chi connectivity index (χ2n) is 3.92. The maximum atomic E-state index is 11.5. The summed E-state index contributed by atoms with van der Waals surface area (Å²) in [6.07, 6.45) is 3.07. The lowest BCUT2D eigenvalue weighted by Gasteiger charge is -2.12. The molecule has 0 aliphatic rings. The van der Waals surface area contributed by atoms with Gasteiger partial charge in [-0.1, -0.05) is 6.07 Å². The number of rotatable bonds is 7. The van der Waals surface area contributed by atoms with Gasteiger partial charge in [0.25, 0.3) is 0 Å². The first-order valence-corrected chi connectivity index (χ1v) is 5.62. The molecule has 0 aliphatic heterocycles. The molecule has 0 saturated carbocycles. The van der Waals surface area contributed by atoms with Crippen molar-refractivity contribution in [1.82, 2.24) is 10.3 Å². The normalized spacial score (nSPS) is 11.6. The maximum absolute atomic E-state index is 11.5. The Morgan fingerprint density at radius 3 is 2.58 bits per heavy atom. The predicted molar refractivity (Wildman–Crippen MR) is 64.4 cm³/mol. The van der Waals surface area contributed by atoms with E-state index in [2.05, 4.69) is 10.3 Å². The Kier molecular flexibility index (Phi) is 5.46. The Morgan fingerprint density at radius 2 is 2.05 bits per heavy atom. The second kappa shape index (κ2) is 7.10. The predicted octanol–water partition coefficient (Wildman–Crippen LogP) is 0.0583. The van der Waals surface area contributed by atoms with E-state index in [1.807, 2.05) is 0 Å². The largest absolute Gasteiger partial charge is 0.481 e. The minimum atomic E-state index is -1.40. The van der Waals surface area contributed by atoms with E-state index in [1.165, 1.54) is 0 Å². The van der Waals surface area contributed by atoms with Gasteiger partial charge >= 0.3 is 11.9 Å². The van der Waals surface area contributed by atoms with E-state index in [1.54, 1.807) is 24.5 Å². The van der Waals surface area contributed by atoms with Crippen molar-refractivity contribution >= 4 is 17.8 Å². The van der Waals surface area contributed by atoms with Gasteiger partial charge in [-0.15, -0.1) is 0 Å². The zero-order valence-corrected chi connectivity index (χ0v) is 10.1. The number of aliphatic carboxylic acids is 2. The number of nitrogens with zero attached hydrogens (tertiary/aromatic N) is 1. The zero-order valence-electron chi connectivity index (χ0n) is 10.1. The molecule has 0 aromatic carbocycles. The highest BCUT2D eigenvalue weighted by Crippen LogP contribution is 2.01. The molecule has 19 heavy (non-hydrogen) atoms. The molecular weight excluding hydrogens is 252 g/mol. The fourth-order valence-corrected chi connectivity index (χ4v) is 1.45. The molecule has 3 N–H and O–H groups in total. The molecule has 1 heterocycles. The summed E-state index contributed by atoms with van der Waals surface area (Å²) >= 11 is 0. The van der Waals surface area contributed by atoms with Crippen LogP contribution in [0.25, 0.3) is 0 Å². The molecule has 1 unspecified atom stereocenters. The average Bonchev–Trinajstić information content (AvgIpc) is 2.36. The molecule has 1 amide bonds. The highest BCUT2D eigenvalue weighted by Gasteiger charge is 2.22. The van der Waals surface area contributed by atoms with E-state index >= 15 is 0 Å². The van der Waals surface area contributed by atoms with Crippen LogP contribution in [0.3, 0.4) is 0 Å². The van der Waals surface area contributed by atoms with Gasteiger partial charge in [-0.25, -0.2) is 4.79 Å². The zero-order chi connectivity index (χ0) is 14.3. The third kappa shape index (κ3) is 5.62. The van der Waals surface area contributed by atoms with Crippen LogP contribution in [0.1, 0.15) is 18.4 Å².